The van der Waals surface area contributed by atoms with Crippen LogP contribution in [0.2, 0.25) is 0 Å². The Labute approximate surface area is 141 Å². The van der Waals surface area contributed by atoms with Gasteiger partial charge in [0.25, 0.3) is 0 Å². The number of hydrogen-bond acceptors (Lipinski definition) is 6. The molecule has 1 aliphatic carbocycles. The molecule has 23 heavy (non-hydrogen) atoms. The molecule has 0 bridgehead atoms. The first-order chi connectivity index (χ1) is 11.0. The average molecular weight is 335 g/mol. The summed E-state index contributed by atoms with van der Waals surface area (Å²) < 4.78 is 5.49. The van der Waals surface area contributed by atoms with Gasteiger partial charge in [0.1, 0.15) is 16.5 Å². The highest BCUT2D eigenvalue weighted by Gasteiger charge is 2.22. The number of anilines is 1. The molecule has 1 unspecified atom stereocenters. The fraction of sp³-hybridized carbons (Fsp3) is 0.647. The molecular weight excluding hydrogens is 310 g/mol. The molecule has 1 aliphatic rings. The van der Waals surface area contributed by atoms with Crippen LogP contribution in [0.1, 0.15) is 36.5 Å². The van der Waals surface area contributed by atoms with Crippen molar-refractivity contribution in [2.45, 2.75) is 46.1 Å². The van der Waals surface area contributed by atoms with Gasteiger partial charge >= 0.3 is 0 Å². The highest BCUT2D eigenvalue weighted by molar-refractivity contribution is 7.19. The number of aromatic nitrogens is 2. The molecule has 1 atom stereocenters. The van der Waals surface area contributed by atoms with Gasteiger partial charge in [-0.15, -0.1) is 11.3 Å². The van der Waals surface area contributed by atoms with Crippen molar-refractivity contribution >= 4 is 27.4 Å². The second-order valence-electron chi connectivity index (χ2n) is 6.62. The number of aliphatic hydroxyl groups excluding tert-OH is 1. The van der Waals surface area contributed by atoms with E-state index in [1.54, 1.807) is 11.3 Å². The van der Waals surface area contributed by atoms with Crippen molar-refractivity contribution in [2.24, 2.45) is 5.92 Å². The largest absolute Gasteiger partial charge is 0.389 e. The minimum atomic E-state index is -0.536. The molecule has 2 aromatic heterocycles. The van der Waals surface area contributed by atoms with Gasteiger partial charge in [-0.2, -0.15) is 0 Å². The van der Waals surface area contributed by atoms with Crippen LogP contribution in [0, 0.1) is 12.8 Å². The lowest BCUT2D eigenvalue weighted by Gasteiger charge is -2.15. The zero-order valence-corrected chi connectivity index (χ0v) is 14.9. The molecule has 0 saturated carbocycles. The van der Waals surface area contributed by atoms with Gasteiger partial charge in [-0.1, -0.05) is 13.8 Å². The van der Waals surface area contributed by atoms with Crippen molar-refractivity contribution in [2.75, 3.05) is 25.1 Å². The SMILES string of the molecule is Cc1nc(NCC(O)COCC(C)C)c2c3c(sc2n1)CCC3. The summed E-state index contributed by atoms with van der Waals surface area (Å²) >= 11 is 1.79. The Morgan fingerprint density at radius 3 is 2.87 bits per heavy atom. The highest BCUT2D eigenvalue weighted by atomic mass is 32.1. The standard InChI is InChI=1S/C17H25N3O2S/c1-10(2)8-22-9-12(21)7-18-16-15-13-5-4-6-14(13)23-17(15)20-11(3)19-16/h10,12,21H,4-9H2,1-3H3,(H,18,19,20). The molecule has 2 N–H and O–H groups in total. The molecule has 0 aliphatic heterocycles. The normalized spacial score (nSPS) is 15.3. The first-order valence-corrected chi connectivity index (χ1v) is 9.14. The van der Waals surface area contributed by atoms with E-state index < -0.39 is 6.10 Å². The van der Waals surface area contributed by atoms with Gasteiger partial charge in [-0.3, -0.25) is 0 Å². The maximum atomic E-state index is 10.1. The van der Waals surface area contributed by atoms with E-state index in [1.165, 1.54) is 16.9 Å². The van der Waals surface area contributed by atoms with E-state index in [1.807, 2.05) is 6.92 Å². The van der Waals surface area contributed by atoms with Gasteiger partial charge in [0.2, 0.25) is 0 Å². The van der Waals surface area contributed by atoms with Crippen LogP contribution in [0.4, 0.5) is 5.82 Å². The van der Waals surface area contributed by atoms with E-state index in [9.17, 15) is 5.11 Å². The highest BCUT2D eigenvalue weighted by Crippen LogP contribution is 2.39. The predicted octanol–water partition coefficient (Wildman–Crippen LogP) is 2.93. The topological polar surface area (TPSA) is 67.3 Å². The van der Waals surface area contributed by atoms with E-state index in [-0.39, 0.29) is 0 Å². The molecule has 2 aromatic rings. The Morgan fingerprint density at radius 2 is 2.09 bits per heavy atom. The number of nitrogens with zero attached hydrogens (tertiary/aromatic N) is 2. The minimum absolute atomic E-state index is 0.347. The zero-order valence-electron chi connectivity index (χ0n) is 14.1. The van der Waals surface area contributed by atoms with Gasteiger partial charge in [-0.05, 0) is 37.7 Å². The van der Waals surface area contributed by atoms with E-state index in [4.69, 9.17) is 4.74 Å². The van der Waals surface area contributed by atoms with Crippen molar-refractivity contribution in [1.29, 1.82) is 0 Å². The van der Waals surface area contributed by atoms with Crippen molar-refractivity contribution < 1.29 is 9.84 Å². The first-order valence-electron chi connectivity index (χ1n) is 8.33. The number of hydrogen-bond donors (Lipinski definition) is 2. The van der Waals surface area contributed by atoms with Crippen LogP contribution in [0.25, 0.3) is 10.2 Å². The lowest BCUT2D eigenvalue weighted by Crippen LogP contribution is -2.26. The molecular formula is C17H25N3O2S. The second kappa shape index (κ2) is 7.11. The van der Waals surface area contributed by atoms with E-state index in [2.05, 4.69) is 29.1 Å². The maximum absolute atomic E-state index is 10.1. The van der Waals surface area contributed by atoms with Gasteiger partial charge in [0.15, 0.2) is 0 Å². The molecule has 0 amide bonds. The van der Waals surface area contributed by atoms with Gasteiger partial charge in [0, 0.05) is 18.0 Å². The van der Waals surface area contributed by atoms with E-state index >= 15 is 0 Å². The summed E-state index contributed by atoms with van der Waals surface area (Å²) in [6, 6.07) is 0. The third-order valence-electron chi connectivity index (χ3n) is 3.94. The molecule has 6 heteroatoms. The number of rotatable bonds is 7. The Kier molecular flexibility index (Phi) is 5.14. The van der Waals surface area contributed by atoms with Crippen molar-refractivity contribution in [3.63, 3.8) is 0 Å². The number of nitrogens with one attached hydrogen (secondary N) is 1. The molecule has 126 valence electrons. The lowest BCUT2D eigenvalue weighted by molar-refractivity contribution is 0.0317. The number of fused-ring (bicyclic) bond motifs is 3. The van der Waals surface area contributed by atoms with Gasteiger partial charge < -0.3 is 15.2 Å². The van der Waals surface area contributed by atoms with Crippen molar-refractivity contribution in [1.82, 2.24) is 9.97 Å². The van der Waals surface area contributed by atoms with Crippen LogP contribution in [0.3, 0.4) is 0 Å². The molecule has 3 rings (SSSR count). The monoisotopic (exact) mass is 335 g/mol. The number of thiophene rings is 1. The quantitative estimate of drug-likeness (QED) is 0.814. The number of ether oxygens (including phenoxy) is 1. The van der Waals surface area contributed by atoms with Crippen LogP contribution in [0.5, 0.6) is 0 Å². The minimum Gasteiger partial charge on any atom is -0.389 e. The predicted molar refractivity (Wildman–Crippen MR) is 94.3 cm³/mol. The van der Waals surface area contributed by atoms with Crippen LogP contribution in [0.15, 0.2) is 0 Å². The Hall–Kier alpha value is -1.24. The smallest absolute Gasteiger partial charge is 0.138 e. The third-order valence-corrected chi connectivity index (χ3v) is 5.13. The Bertz CT molecular complexity index is 684. The van der Waals surface area contributed by atoms with Gasteiger partial charge in [-0.25, -0.2) is 9.97 Å². The summed E-state index contributed by atoms with van der Waals surface area (Å²) in [6.07, 6.45) is 2.94. The molecule has 0 radical (unpaired) electrons. The van der Waals surface area contributed by atoms with E-state index in [0.717, 1.165) is 34.7 Å². The van der Waals surface area contributed by atoms with Crippen LogP contribution >= 0.6 is 11.3 Å². The Morgan fingerprint density at radius 1 is 1.26 bits per heavy atom. The summed E-state index contributed by atoms with van der Waals surface area (Å²) in [5.41, 5.74) is 1.40. The molecule has 2 heterocycles. The first kappa shape index (κ1) is 16.6. The molecule has 0 saturated heterocycles. The zero-order chi connectivity index (χ0) is 16.4. The van der Waals surface area contributed by atoms with Crippen LogP contribution in [-0.4, -0.2) is 40.9 Å². The molecule has 5 nitrogen and oxygen atoms in total. The third kappa shape index (κ3) is 3.82. The molecule has 0 aromatic carbocycles. The summed E-state index contributed by atoms with van der Waals surface area (Å²) in [7, 11) is 0. The fourth-order valence-corrected chi connectivity index (χ4v) is 4.25. The fourth-order valence-electron chi connectivity index (χ4n) is 2.94. The van der Waals surface area contributed by atoms with Gasteiger partial charge in [0.05, 0.1) is 18.1 Å². The summed E-state index contributed by atoms with van der Waals surface area (Å²) in [5, 5.41) is 14.5. The van der Waals surface area contributed by atoms with Crippen molar-refractivity contribution in [3.05, 3.63) is 16.3 Å². The van der Waals surface area contributed by atoms with E-state index in [0.29, 0.717) is 25.7 Å². The summed E-state index contributed by atoms with van der Waals surface area (Å²) in [4.78, 5) is 11.7. The van der Waals surface area contributed by atoms with Crippen molar-refractivity contribution in [3.8, 4) is 0 Å². The lowest BCUT2D eigenvalue weighted by atomic mass is 10.2. The second-order valence-corrected chi connectivity index (χ2v) is 7.71. The maximum Gasteiger partial charge on any atom is 0.138 e. The average Bonchev–Trinajstić information content (AvgIpc) is 3.04. The Balaban J connectivity index is 1.70. The molecule has 0 spiro atoms. The number of aliphatic hydroxyl groups is 1. The summed E-state index contributed by atoms with van der Waals surface area (Å²) in [6.45, 7) is 7.57. The number of aryl methyl sites for hydroxylation is 3. The van der Waals surface area contributed by atoms with Crippen LogP contribution < -0.4 is 5.32 Å². The summed E-state index contributed by atoms with van der Waals surface area (Å²) in [5.74, 6) is 2.10. The molecule has 0 fully saturated rings. The van der Waals surface area contributed by atoms with Crippen LogP contribution in [-0.2, 0) is 17.6 Å².